The Balaban J connectivity index is 1.90. The number of ether oxygens (including phenoxy) is 1. The third-order valence-electron chi connectivity index (χ3n) is 3.39. The molecule has 6 nitrogen and oxygen atoms in total. The van der Waals surface area contributed by atoms with Crippen LogP contribution in [0.15, 0.2) is 12.3 Å². The summed E-state index contributed by atoms with van der Waals surface area (Å²) in [6.45, 7) is 1.44. The largest absolute Gasteiger partial charge is 0.463 e. The fourth-order valence-electron chi connectivity index (χ4n) is 2.42. The minimum atomic E-state index is -0.223. The molecule has 1 heterocycles. The summed E-state index contributed by atoms with van der Waals surface area (Å²) in [5.41, 5.74) is 6.79. The van der Waals surface area contributed by atoms with Crippen molar-refractivity contribution in [1.82, 2.24) is 4.98 Å². The van der Waals surface area contributed by atoms with Gasteiger partial charge in [-0.2, -0.15) is 5.26 Å². The van der Waals surface area contributed by atoms with Gasteiger partial charge in [0.1, 0.15) is 18.0 Å². The number of nitriles is 1. The number of aromatic nitrogens is 1. The van der Waals surface area contributed by atoms with Gasteiger partial charge in [-0.1, -0.05) is 0 Å². The molecule has 1 saturated carbocycles. The molecule has 106 valence electrons. The number of rotatable bonds is 3. The van der Waals surface area contributed by atoms with Crippen molar-refractivity contribution >= 4 is 17.5 Å². The maximum absolute atomic E-state index is 10.9. The monoisotopic (exact) mass is 274 g/mol. The number of anilines is 2. The van der Waals surface area contributed by atoms with E-state index in [1.54, 1.807) is 6.07 Å². The van der Waals surface area contributed by atoms with Crippen LogP contribution < -0.4 is 11.1 Å². The number of carbonyl (C=O) groups excluding carboxylic acids is 1. The molecule has 0 amide bonds. The molecular formula is C14H18N4O2. The first-order chi connectivity index (χ1) is 9.58. The molecule has 0 bridgehead atoms. The van der Waals surface area contributed by atoms with E-state index in [1.165, 1.54) is 13.1 Å². The molecule has 1 fully saturated rings. The highest BCUT2D eigenvalue weighted by atomic mass is 16.5. The topological polar surface area (TPSA) is 101 Å². The number of carbonyl (C=O) groups is 1. The number of hydrogen-bond acceptors (Lipinski definition) is 6. The minimum Gasteiger partial charge on any atom is -0.463 e. The van der Waals surface area contributed by atoms with Crippen LogP contribution in [0.2, 0.25) is 0 Å². The van der Waals surface area contributed by atoms with E-state index in [1.807, 2.05) is 6.07 Å². The van der Waals surface area contributed by atoms with E-state index in [-0.39, 0.29) is 18.1 Å². The number of nitrogens with two attached hydrogens (primary N) is 1. The highest BCUT2D eigenvalue weighted by Gasteiger charge is 2.23. The van der Waals surface area contributed by atoms with Crippen LogP contribution in [0, 0.1) is 11.3 Å². The molecule has 0 spiro atoms. The highest BCUT2D eigenvalue weighted by Crippen LogP contribution is 2.25. The van der Waals surface area contributed by atoms with Crippen LogP contribution in [-0.2, 0) is 9.53 Å². The smallest absolute Gasteiger partial charge is 0.302 e. The van der Waals surface area contributed by atoms with Crippen molar-refractivity contribution in [1.29, 1.82) is 5.26 Å². The molecule has 2 rings (SSSR count). The SMILES string of the molecule is CC(=O)OC1CCC(Nc2ncc(C#N)cc2N)CC1. The minimum absolute atomic E-state index is 0.0248. The predicted molar refractivity (Wildman–Crippen MR) is 74.8 cm³/mol. The molecule has 3 N–H and O–H groups in total. The Morgan fingerprint density at radius 2 is 2.20 bits per heavy atom. The summed E-state index contributed by atoms with van der Waals surface area (Å²) in [4.78, 5) is 15.1. The molecule has 0 unspecified atom stereocenters. The Kier molecular flexibility index (Phi) is 4.41. The molecule has 0 aliphatic heterocycles. The molecule has 0 saturated heterocycles. The van der Waals surface area contributed by atoms with E-state index < -0.39 is 0 Å². The van der Waals surface area contributed by atoms with Crippen LogP contribution in [0.3, 0.4) is 0 Å². The lowest BCUT2D eigenvalue weighted by molar-refractivity contribution is -0.147. The third kappa shape index (κ3) is 3.60. The number of esters is 1. The van der Waals surface area contributed by atoms with Gasteiger partial charge >= 0.3 is 5.97 Å². The molecule has 20 heavy (non-hydrogen) atoms. The van der Waals surface area contributed by atoms with E-state index in [4.69, 9.17) is 15.7 Å². The zero-order valence-electron chi connectivity index (χ0n) is 11.4. The van der Waals surface area contributed by atoms with Gasteiger partial charge in [-0.05, 0) is 31.7 Å². The Labute approximate surface area is 117 Å². The molecule has 6 heteroatoms. The first kappa shape index (κ1) is 14.1. The summed E-state index contributed by atoms with van der Waals surface area (Å²) >= 11 is 0. The van der Waals surface area contributed by atoms with Crippen molar-refractivity contribution in [2.24, 2.45) is 0 Å². The van der Waals surface area contributed by atoms with Crippen LogP contribution in [0.4, 0.5) is 11.5 Å². The van der Waals surface area contributed by atoms with Crippen molar-refractivity contribution in [3.05, 3.63) is 17.8 Å². The van der Waals surface area contributed by atoms with Crippen molar-refractivity contribution in [2.75, 3.05) is 11.1 Å². The van der Waals surface area contributed by atoms with Crippen molar-refractivity contribution in [3.63, 3.8) is 0 Å². The zero-order valence-corrected chi connectivity index (χ0v) is 11.4. The van der Waals surface area contributed by atoms with Gasteiger partial charge in [0.15, 0.2) is 0 Å². The summed E-state index contributed by atoms with van der Waals surface area (Å²) in [5.74, 6) is 0.388. The van der Waals surface area contributed by atoms with Crippen LogP contribution in [-0.4, -0.2) is 23.1 Å². The van der Waals surface area contributed by atoms with E-state index in [2.05, 4.69) is 10.3 Å². The van der Waals surface area contributed by atoms with Crippen LogP contribution in [0.1, 0.15) is 38.2 Å². The number of pyridine rings is 1. The average molecular weight is 274 g/mol. The van der Waals surface area contributed by atoms with E-state index in [0.29, 0.717) is 17.1 Å². The standard InChI is InChI=1S/C14H18N4O2/c1-9(19)20-12-4-2-11(3-5-12)18-14-13(16)6-10(7-15)8-17-14/h6,8,11-12H,2-5,16H2,1H3,(H,17,18). The Hall–Kier alpha value is -2.29. The Morgan fingerprint density at radius 1 is 1.50 bits per heavy atom. The summed E-state index contributed by atoms with van der Waals surface area (Å²) in [7, 11) is 0. The summed E-state index contributed by atoms with van der Waals surface area (Å²) in [6.07, 6.45) is 5.01. The van der Waals surface area contributed by atoms with Crippen LogP contribution in [0.25, 0.3) is 0 Å². The predicted octanol–water partition coefficient (Wildman–Crippen LogP) is 1.82. The van der Waals surface area contributed by atoms with Gasteiger partial charge in [-0.3, -0.25) is 4.79 Å². The van der Waals surface area contributed by atoms with Crippen LogP contribution >= 0.6 is 0 Å². The Morgan fingerprint density at radius 3 is 2.75 bits per heavy atom. The Bertz CT molecular complexity index is 530. The van der Waals surface area contributed by atoms with Gasteiger partial charge in [-0.15, -0.1) is 0 Å². The summed E-state index contributed by atoms with van der Waals surface area (Å²) in [5, 5.41) is 12.1. The summed E-state index contributed by atoms with van der Waals surface area (Å²) in [6, 6.07) is 3.88. The molecular weight excluding hydrogens is 256 g/mol. The van der Waals surface area contributed by atoms with Gasteiger partial charge < -0.3 is 15.8 Å². The average Bonchev–Trinajstić information content (AvgIpc) is 2.42. The van der Waals surface area contributed by atoms with Crippen molar-refractivity contribution < 1.29 is 9.53 Å². The van der Waals surface area contributed by atoms with E-state index >= 15 is 0 Å². The second-order valence-corrected chi connectivity index (χ2v) is 5.00. The lowest BCUT2D eigenvalue weighted by Crippen LogP contribution is -2.31. The maximum atomic E-state index is 10.9. The molecule has 0 atom stereocenters. The molecule has 1 aliphatic rings. The fourth-order valence-corrected chi connectivity index (χ4v) is 2.42. The van der Waals surface area contributed by atoms with Gasteiger partial charge in [0.05, 0.1) is 11.3 Å². The van der Waals surface area contributed by atoms with Gasteiger partial charge in [0.25, 0.3) is 0 Å². The van der Waals surface area contributed by atoms with Crippen molar-refractivity contribution in [3.8, 4) is 6.07 Å². The lowest BCUT2D eigenvalue weighted by Gasteiger charge is -2.29. The van der Waals surface area contributed by atoms with Gasteiger partial charge in [-0.25, -0.2) is 4.98 Å². The van der Waals surface area contributed by atoms with Gasteiger partial charge in [0.2, 0.25) is 0 Å². The third-order valence-corrected chi connectivity index (χ3v) is 3.39. The number of nitrogens with zero attached hydrogens (tertiary/aromatic N) is 2. The first-order valence-electron chi connectivity index (χ1n) is 6.68. The fraction of sp³-hybridized carbons (Fsp3) is 0.500. The normalized spacial score (nSPS) is 21.8. The zero-order chi connectivity index (χ0) is 14.5. The molecule has 1 aromatic heterocycles. The number of nitrogens with one attached hydrogen (secondary N) is 1. The quantitative estimate of drug-likeness (QED) is 0.815. The number of hydrogen-bond donors (Lipinski definition) is 2. The number of nitrogen functional groups attached to an aromatic ring is 1. The molecule has 0 radical (unpaired) electrons. The second kappa shape index (κ2) is 6.24. The molecule has 1 aliphatic carbocycles. The molecule has 1 aromatic rings. The molecule has 0 aromatic carbocycles. The van der Waals surface area contributed by atoms with E-state index in [9.17, 15) is 4.79 Å². The van der Waals surface area contributed by atoms with Crippen molar-refractivity contribution in [2.45, 2.75) is 44.8 Å². The van der Waals surface area contributed by atoms with Gasteiger partial charge in [0, 0.05) is 19.2 Å². The van der Waals surface area contributed by atoms with E-state index in [0.717, 1.165) is 25.7 Å². The second-order valence-electron chi connectivity index (χ2n) is 5.00. The highest BCUT2D eigenvalue weighted by molar-refractivity contribution is 5.66. The first-order valence-corrected chi connectivity index (χ1v) is 6.68. The van der Waals surface area contributed by atoms with Crippen LogP contribution in [0.5, 0.6) is 0 Å². The lowest BCUT2D eigenvalue weighted by atomic mass is 9.93. The maximum Gasteiger partial charge on any atom is 0.302 e. The summed E-state index contributed by atoms with van der Waals surface area (Å²) < 4.78 is 5.20.